The van der Waals surface area contributed by atoms with Gasteiger partial charge in [-0.3, -0.25) is 14.7 Å². The molecule has 1 saturated heterocycles. The third kappa shape index (κ3) is 4.19. The summed E-state index contributed by atoms with van der Waals surface area (Å²) in [6.07, 6.45) is 1.74. The van der Waals surface area contributed by atoms with E-state index >= 15 is 0 Å². The Morgan fingerprint density at radius 3 is 2.89 bits per heavy atom. The van der Waals surface area contributed by atoms with Crippen LogP contribution in [-0.2, 0) is 9.53 Å². The van der Waals surface area contributed by atoms with Crippen molar-refractivity contribution in [3.05, 3.63) is 29.6 Å². The first kappa shape index (κ1) is 14.3. The maximum absolute atomic E-state index is 12.0. The molecule has 0 saturated carbocycles. The monoisotopic (exact) mass is 281 g/mol. The highest BCUT2D eigenvalue weighted by Gasteiger charge is 2.18. The number of hydrogen-bond donors (Lipinski definition) is 2. The van der Waals surface area contributed by atoms with Crippen LogP contribution >= 0.6 is 12.6 Å². The Labute approximate surface area is 118 Å². The fourth-order valence-electron chi connectivity index (χ4n) is 1.82. The highest BCUT2D eigenvalue weighted by atomic mass is 32.1. The molecule has 1 aliphatic rings. The molecular weight excluding hydrogens is 262 g/mol. The zero-order valence-electron chi connectivity index (χ0n) is 11.0. The molecule has 1 aromatic heterocycles. The van der Waals surface area contributed by atoms with Crippen molar-refractivity contribution < 1.29 is 9.53 Å². The molecule has 1 amide bonds. The van der Waals surface area contributed by atoms with Crippen molar-refractivity contribution in [3.8, 4) is 0 Å². The number of ether oxygens (including phenoxy) is 1. The minimum absolute atomic E-state index is 0.119. The van der Waals surface area contributed by atoms with Gasteiger partial charge in [-0.1, -0.05) is 6.07 Å². The summed E-state index contributed by atoms with van der Waals surface area (Å²) in [6, 6.07) is 3.77. The van der Waals surface area contributed by atoms with E-state index in [4.69, 9.17) is 4.74 Å². The summed E-state index contributed by atoms with van der Waals surface area (Å²) >= 11 is 4.33. The number of aryl methyl sites for hydroxylation is 1. The molecule has 2 rings (SSSR count). The lowest BCUT2D eigenvalue weighted by Gasteiger charge is -2.27. The van der Waals surface area contributed by atoms with E-state index in [2.05, 4.69) is 27.8 Å². The molecule has 19 heavy (non-hydrogen) atoms. The zero-order chi connectivity index (χ0) is 13.7. The van der Waals surface area contributed by atoms with E-state index in [1.54, 1.807) is 6.20 Å². The summed E-state index contributed by atoms with van der Waals surface area (Å²) in [5.74, 6) is -0.119. The molecular formula is C13H19N3O2S. The number of carbonyl (C=O) groups excluding carboxylic acids is 1. The number of nitrogens with zero attached hydrogens (tertiary/aromatic N) is 2. The van der Waals surface area contributed by atoms with E-state index in [9.17, 15) is 4.79 Å². The zero-order valence-corrected chi connectivity index (χ0v) is 11.9. The molecule has 0 bridgehead atoms. The van der Waals surface area contributed by atoms with E-state index in [0.29, 0.717) is 12.4 Å². The number of carbonyl (C=O) groups is 1. The lowest BCUT2D eigenvalue weighted by Crippen LogP contribution is -2.44. The van der Waals surface area contributed by atoms with Gasteiger partial charge in [0.05, 0.1) is 25.6 Å². The lowest BCUT2D eigenvalue weighted by atomic mass is 10.2. The first-order chi connectivity index (χ1) is 9.16. The highest BCUT2D eigenvalue weighted by molar-refractivity contribution is 7.81. The minimum Gasteiger partial charge on any atom is -0.379 e. The van der Waals surface area contributed by atoms with Gasteiger partial charge < -0.3 is 10.1 Å². The number of amides is 1. The number of hydrogen-bond acceptors (Lipinski definition) is 5. The van der Waals surface area contributed by atoms with Crippen molar-refractivity contribution >= 4 is 18.5 Å². The number of rotatable bonds is 4. The van der Waals surface area contributed by atoms with Crippen LogP contribution in [-0.4, -0.2) is 48.8 Å². The second-order valence-corrected chi connectivity index (χ2v) is 5.11. The van der Waals surface area contributed by atoms with E-state index in [-0.39, 0.29) is 5.91 Å². The van der Waals surface area contributed by atoms with Crippen LogP contribution in [0.1, 0.15) is 16.5 Å². The molecule has 1 unspecified atom stereocenters. The number of morpholine rings is 1. The van der Waals surface area contributed by atoms with Crippen LogP contribution in [0.25, 0.3) is 0 Å². The molecule has 0 aliphatic carbocycles. The van der Waals surface area contributed by atoms with Crippen LogP contribution in [0.2, 0.25) is 0 Å². The summed E-state index contributed by atoms with van der Waals surface area (Å²) < 4.78 is 5.26. The van der Waals surface area contributed by atoms with Crippen LogP contribution in [0, 0.1) is 6.92 Å². The lowest BCUT2D eigenvalue weighted by molar-refractivity contribution is -0.121. The van der Waals surface area contributed by atoms with Gasteiger partial charge >= 0.3 is 0 Å². The average molecular weight is 281 g/mol. The second-order valence-electron chi connectivity index (χ2n) is 4.59. The molecule has 1 fully saturated rings. The molecule has 1 aliphatic heterocycles. The number of aromatic nitrogens is 1. The Morgan fingerprint density at radius 2 is 2.26 bits per heavy atom. The van der Waals surface area contributed by atoms with Crippen molar-refractivity contribution in [1.82, 2.24) is 15.2 Å². The summed E-state index contributed by atoms with van der Waals surface area (Å²) in [5.41, 5.74) is 1.74. The number of thiol groups is 1. The topological polar surface area (TPSA) is 54.5 Å². The molecule has 1 N–H and O–H groups in total. The Bertz CT molecular complexity index is 418. The Morgan fingerprint density at radius 1 is 1.53 bits per heavy atom. The fourth-order valence-corrected chi connectivity index (χ4v) is 2.07. The van der Waals surface area contributed by atoms with Crippen LogP contribution < -0.4 is 5.32 Å². The molecule has 1 aromatic rings. The maximum atomic E-state index is 12.0. The SMILES string of the molecule is Cc1ccc(C(S)C(=O)NCN2CCOCC2)nc1. The quantitative estimate of drug-likeness (QED) is 0.800. The first-order valence-corrected chi connectivity index (χ1v) is 6.87. The van der Waals surface area contributed by atoms with Crippen molar-refractivity contribution in [2.75, 3.05) is 33.0 Å². The predicted molar refractivity (Wildman–Crippen MR) is 76.1 cm³/mol. The molecule has 1 atom stereocenters. The van der Waals surface area contributed by atoms with Gasteiger partial charge in [-0.2, -0.15) is 12.6 Å². The first-order valence-electron chi connectivity index (χ1n) is 6.35. The molecule has 5 nitrogen and oxygen atoms in total. The average Bonchev–Trinajstić information content (AvgIpc) is 2.46. The maximum Gasteiger partial charge on any atom is 0.239 e. The van der Waals surface area contributed by atoms with Gasteiger partial charge in [-0.15, -0.1) is 0 Å². The Kier molecular flexibility index (Phi) is 5.18. The number of nitrogens with one attached hydrogen (secondary N) is 1. The Balaban J connectivity index is 1.83. The molecule has 104 valence electrons. The van der Waals surface area contributed by atoms with E-state index in [1.807, 2.05) is 19.1 Å². The van der Waals surface area contributed by atoms with Gasteiger partial charge in [-0.05, 0) is 18.6 Å². The van der Waals surface area contributed by atoms with Gasteiger partial charge in [-0.25, -0.2) is 0 Å². The minimum atomic E-state index is -0.526. The largest absolute Gasteiger partial charge is 0.379 e. The van der Waals surface area contributed by atoms with E-state index in [0.717, 1.165) is 31.9 Å². The molecule has 2 heterocycles. The van der Waals surface area contributed by atoms with Gasteiger partial charge in [0.15, 0.2) is 0 Å². The normalized spacial score (nSPS) is 18.0. The van der Waals surface area contributed by atoms with Crippen LogP contribution in [0.5, 0.6) is 0 Å². The molecule has 0 aromatic carbocycles. The van der Waals surface area contributed by atoms with Crippen LogP contribution in [0.4, 0.5) is 0 Å². The number of pyridine rings is 1. The van der Waals surface area contributed by atoms with Gasteiger partial charge in [0.25, 0.3) is 0 Å². The molecule has 0 spiro atoms. The Hall–Kier alpha value is -1.11. The summed E-state index contributed by atoms with van der Waals surface area (Å²) in [5, 5.41) is 2.35. The van der Waals surface area contributed by atoms with Crippen molar-refractivity contribution in [1.29, 1.82) is 0 Å². The summed E-state index contributed by atoms with van der Waals surface area (Å²) in [7, 11) is 0. The second kappa shape index (κ2) is 6.88. The highest BCUT2D eigenvalue weighted by Crippen LogP contribution is 2.17. The van der Waals surface area contributed by atoms with E-state index in [1.165, 1.54) is 0 Å². The van der Waals surface area contributed by atoms with Crippen molar-refractivity contribution in [2.45, 2.75) is 12.2 Å². The third-order valence-corrected chi connectivity index (χ3v) is 3.54. The van der Waals surface area contributed by atoms with Crippen molar-refractivity contribution in [3.63, 3.8) is 0 Å². The van der Waals surface area contributed by atoms with Gasteiger partial charge in [0, 0.05) is 19.3 Å². The third-order valence-electron chi connectivity index (χ3n) is 3.04. The van der Waals surface area contributed by atoms with E-state index < -0.39 is 5.25 Å². The predicted octanol–water partition coefficient (Wildman–Crippen LogP) is 0.767. The standard InChI is InChI=1S/C13H19N3O2S/c1-10-2-3-11(14-8-10)12(19)13(17)15-9-16-4-6-18-7-5-16/h2-3,8,12,19H,4-7,9H2,1H3,(H,15,17). The summed E-state index contributed by atoms with van der Waals surface area (Å²) in [4.78, 5) is 18.4. The van der Waals surface area contributed by atoms with Crippen molar-refractivity contribution in [2.24, 2.45) is 0 Å². The molecule has 0 radical (unpaired) electrons. The van der Waals surface area contributed by atoms with Gasteiger partial charge in [0.1, 0.15) is 5.25 Å². The fraction of sp³-hybridized carbons (Fsp3) is 0.538. The molecule has 6 heteroatoms. The van der Waals surface area contributed by atoms with Crippen LogP contribution in [0.3, 0.4) is 0 Å². The summed E-state index contributed by atoms with van der Waals surface area (Å²) in [6.45, 7) is 5.63. The van der Waals surface area contributed by atoms with Gasteiger partial charge in [0.2, 0.25) is 5.91 Å². The smallest absolute Gasteiger partial charge is 0.239 e. The van der Waals surface area contributed by atoms with Crippen LogP contribution in [0.15, 0.2) is 18.3 Å².